The van der Waals surface area contributed by atoms with Gasteiger partial charge in [0, 0.05) is 17.2 Å². The molecule has 1 aromatic heterocycles. The zero-order valence-electron chi connectivity index (χ0n) is 13.6. The van der Waals surface area contributed by atoms with Gasteiger partial charge in [-0.25, -0.2) is 0 Å². The standard InChI is InChI=1S/C17H20N2O4/c1-17(2,3)16(21)18-11-7-8-12(14(10-11)22-4)19-15(20)13-6-5-9-23-13/h5-10H,1-4H3,(H,18,21)(H,19,20). The van der Waals surface area contributed by atoms with Crippen molar-refractivity contribution in [2.24, 2.45) is 5.41 Å². The van der Waals surface area contributed by atoms with Gasteiger partial charge in [0.05, 0.1) is 19.1 Å². The van der Waals surface area contributed by atoms with E-state index in [0.29, 0.717) is 17.1 Å². The first kappa shape index (κ1) is 16.6. The summed E-state index contributed by atoms with van der Waals surface area (Å²) in [6.07, 6.45) is 1.43. The summed E-state index contributed by atoms with van der Waals surface area (Å²) in [5.41, 5.74) is 0.583. The second kappa shape index (κ2) is 6.56. The summed E-state index contributed by atoms with van der Waals surface area (Å²) in [5.74, 6) is 0.167. The van der Waals surface area contributed by atoms with Crippen molar-refractivity contribution in [2.75, 3.05) is 17.7 Å². The molecule has 6 heteroatoms. The van der Waals surface area contributed by atoms with Crippen molar-refractivity contribution in [2.45, 2.75) is 20.8 Å². The quantitative estimate of drug-likeness (QED) is 0.904. The van der Waals surface area contributed by atoms with Crippen molar-refractivity contribution in [1.82, 2.24) is 0 Å². The minimum Gasteiger partial charge on any atom is -0.494 e. The first-order chi connectivity index (χ1) is 10.8. The zero-order chi connectivity index (χ0) is 17.0. The highest BCUT2D eigenvalue weighted by Crippen LogP contribution is 2.29. The second-order valence-electron chi connectivity index (χ2n) is 6.05. The van der Waals surface area contributed by atoms with Gasteiger partial charge in [-0.3, -0.25) is 9.59 Å². The molecule has 0 spiro atoms. The minimum absolute atomic E-state index is 0.105. The van der Waals surface area contributed by atoms with E-state index >= 15 is 0 Å². The van der Waals surface area contributed by atoms with E-state index in [1.165, 1.54) is 13.4 Å². The Kier molecular flexibility index (Phi) is 4.74. The van der Waals surface area contributed by atoms with Crippen molar-refractivity contribution in [3.63, 3.8) is 0 Å². The third kappa shape index (κ3) is 4.12. The zero-order valence-corrected chi connectivity index (χ0v) is 13.6. The van der Waals surface area contributed by atoms with Gasteiger partial charge in [0.15, 0.2) is 5.76 Å². The average Bonchev–Trinajstić information content (AvgIpc) is 3.02. The van der Waals surface area contributed by atoms with Crippen molar-refractivity contribution in [3.8, 4) is 5.75 Å². The molecule has 2 aromatic rings. The fraction of sp³-hybridized carbons (Fsp3) is 0.294. The van der Waals surface area contributed by atoms with Crippen LogP contribution in [0.3, 0.4) is 0 Å². The molecular weight excluding hydrogens is 296 g/mol. The monoisotopic (exact) mass is 316 g/mol. The smallest absolute Gasteiger partial charge is 0.291 e. The molecule has 0 aliphatic carbocycles. The molecule has 0 bridgehead atoms. The topological polar surface area (TPSA) is 80.6 Å². The molecule has 0 aliphatic rings. The lowest BCUT2D eigenvalue weighted by molar-refractivity contribution is -0.123. The number of carbonyl (C=O) groups excluding carboxylic acids is 2. The molecule has 1 heterocycles. The Morgan fingerprint density at radius 1 is 1.13 bits per heavy atom. The molecular formula is C17H20N2O4. The number of hydrogen-bond acceptors (Lipinski definition) is 4. The molecule has 2 N–H and O–H groups in total. The molecule has 6 nitrogen and oxygen atoms in total. The molecule has 0 radical (unpaired) electrons. The number of benzene rings is 1. The Morgan fingerprint density at radius 2 is 1.87 bits per heavy atom. The lowest BCUT2D eigenvalue weighted by Crippen LogP contribution is -2.27. The molecule has 2 rings (SSSR count). The molecule has 122 valence electrons. The van der Waals surface area contributed by atoms with Crippen LogP contribution < -0.4 is 15.4 Å². The molecule has 2 amide bonds. The summed E-state index contributed by atoms with van der Waals surface area (Å²) >= 11 is 0. The largest absolute Gasteiger partial charge is 0.494 e. The van der Waals surface area contributed by atoms with Crippen LogP contribution in [0.5, 0.6) is 5.75 Å². The number of ether oxygens (including phenoxy) is 1. The summed E-state index contributed by atoms with van der Waals surface area (Å²) < 4.78 is 10.3. The fourth-order valence-electron chi connectivity index (χ4n) is 1.78. The van der Waals surface area contributed by atoms with E-state index in [1.54, 1.807) is 30.3 Å². The summed E-state index contributed by atoms with van der Waals surface area (Å²) in [6, 6.07) is 8.22. The summed E-state index contributed by atoms with van der Waals surface area (Å²) in [7, 11) is 1.49. The number of anilines is 2. The van der Waals surface area contributed by atoms with E-state index in [2.05, 4.69) is 10.6 Å². The van der Waals surface area contributed by atoms with Gasteiger partial charge >= 0.3 is 0 Å². The molecule has 0 saturated heterocycles. The molecule has 0 aliphatic heterocycles. The van der Waals surface area contributed by atoms with Crippen molar-refractivity contribution < 1.29 is 18.7 Å². The third-order valence-electron chi connectivity index (χ3n) is 3.13. The van der Waals surface area contributed by atoms with Gasteiger partial charge in [0.2, 0.25) is 5.91 Å². The third-order valence-corrected chi connectivity index (χ3v) is 3.13. The number of furan rings is 1. The summed E-state index contributed by atoms with van der Waals surface area (Å²) in [5, 5.41) is 5.52. The van der Waals surface area contributed by atoms with Crippen molar-refractivity contribution in [3.05, 3.63) is 42.4 Å². The van der Waals surface area contributed by atoms with Crippen LogP contribution in [-0.4, -0.2) is 18.9 Å². The number of carbonyl (C=O) groups is 2. The van der Waals surface area contributed by atoms with Gasteiger partial charge < -0.3 is 19.8 Å². The van der Waals surface area contributed by atoms with Gasteiger partial charge in [-0.05, 0) is 24.3 Å². The van der Waals surface area contributed by atoms with Crippen LogP contribution >= 0.6 is 0 Å². The highest BCUT2D eigenvalue weighted by Gasteiger charge is 2.21. The second-order valence-corrected chi connectivity index (χ2v) is 6.05. The molecule has 0 saturated carbocycles. The SMILES string of the molecule is COc1cc(NC(=O)C(C)(C)C)ccc1NC(=O)c1ccco1. The Balaban J connectivity index is 2.16. The van der Waals surface area contributed by atoms with Gasteiger partial charge in [0.25, 0.3) is 5.91 Å². The molecule has 0 fully saturated rings. The van der Waals surface area contributed by atoms with Crippen LogP contribution in [0, 0.1) is 5.41 Å². The molecule has 0 unspecified atom stereocenters. The highest BCUT2D eigenvalue weighted by atomic mass is 16.5. The molecule has 23 heavy (non-hydrogen) atoms. The van der Waals surface area contributed by atoms with E-state index < -0.39 is 5.41 Å². The van der Waals surface area contributed by atoms with Crippen LogP contribution in [0.2, 0.25) is 0 Å². The van der Waals surface area contributed by atoms with Crippen LogP contribution in [0.4, 0.5) is 11.4 Å². The Hall–Kier alpha value is -2.76. The van der Waals surface area contributed by atoms with E-state index in [1.807, 2.05) is 20.8 Å². The van der Waals surface area contributed by atoms with Gasteiger partial charge in [-0.15, -0.1) is 0 Å². The van der Waals surface area contributed by atoms with Crippen molar-refractivity contribution >= 4 is 23.2 Å². The number of amides is 2. The maximum absolute atomic E-state index is 12.0. The van der Waals surface area contributed by atoms with E-state index in [4.69, 9.17) is 9.15 Å². The predicted molar refractivity (Wildman–Crippen MR) is 87.7 cm³/mol. The molecule has 0 atom stereocenters. The van der Waals surface area contributed by atoms with E-state index in [9.17, 15) is 9.59 Å². The predicted octanol–water partition coefficient (Wildman–Crippen LogP) is 3.53. The van der Waals surface area contributed by atoms with Crippen molar-refractivity contribution in [1.29, 1.82) is 0 Å². The first-order valence-electron chi connectivity index (χ1n) is 7.15. The van der Waals surface area contributed by atoms with Crippen LogP contribution in [-0.2, 0) is 4.79 Å². The van der Waals surface area contributed by atoms with Crippen LogP contribution in [0.25, 0.3) is 0 Å². The number of hydrogen-bond donors (Lipinski definition) is 2. The summed E-state index contributed by atoms with van der Waals surface area (Å²) in [4.78, 5) is 24.0. The maximum Gasteiger partial charge on any atom is 0.291 e. The Labute approximate surface area is 134 Å². The minimum atomic E-state index is -0.501. The Morgan fingerprint density at radius 3 is 2.43 bits per heavy atom. The maximum atomic E-state index is 12.0. The first-order valence-corrected chi connectivity index (χ1v) is 7.15. The average molecular weight is 316 g/mol. The number of nitrogens with one attached hydrogen (secondary N) is 2. The van der Waals surface area contributed by atoms with Crippen LogP contribution in [0.15, 0.2) is 41.0 Å². The highest BCUT2D eigenvalue weighted by molar-refractivity contribution is 6.03. The lowest BCUT2D eigenvalue weighted by Gasteiger charge is -2.18. The lowest BCUT2D eigenvalue weighted by atomic mass is 9.95. The summed E-state index contributed by atoms with van der Waals surface area (Å²) in [6.45, 7) is 5.49. The number of methoxy groups -OCH3 is 1. The van der Waals surface area contributed by atoms with Gasteiger partial charge in [-0.2, -0.15) is 0 Å². The van der Waals surface area contributed by atoms with E-state index in [-0.39, 0.29) is 17.6 Å². The van der Waals surface area contributed by atoms with Gasteiger partial charge in [0.1, 0.15) is 5.75 Å². The normalized spacial score (nSPS) is 11.0. The molecule has 1 aromatic carbocycles. The fourth-order valence-corrected chi connectivity index (χ4v) is 1.78. The number of rotatable bonds is 4. The Bertz CT molecular complexity index is 700. The van der Waals surface area contributed by atoms with Crippen LogP contribution in [0.1, 0.15) is 31.3 Å². The van der Waals surface area contributed by atoms with Gasteiger partial charge in [-0.1, -0.05) is 20.8 Å². The van der Waals surface area contributed by atoms with E-state index in [0.717, 1.165) is 0 Å².